The van der Waals surface area contributed by atoms with Gasteiger partial charge in [-0.25, -0.2) is 4.79 Å². The maximum Gasteiger partial charge on any atom is 0.323 e. The van der Waals surface area contributed by atoms with Gasteiger partial charge in [-0.3, -0.25) is 4.79 Å². The first-order valence-corrected chi connectivity index (χ1v) is 5.95. The topological polar surface area (TPSA) is 89.9 Å². The van der Waals surface area contributed by atoms with Crippen LogP contribution in [0, 0.1) is 5.92 Å². The highest BCUT2D eigenvalue weighted by Crippen LogP contribution is 2.39. The average molecular weight is 242 g/mol. The second-order valence-electron chi connectivity index (χ2n) is 5.10. The Kier molecular flexibility index (Phi) is 3.24. The largest absolute Gasteiger partial charge is 0.480 e. The minimum atomic E-state index is -1.06. The van der Waals surface area contributed by atoms with E-state index >= 15 is 0 Å². The molecular formula is C11H18N2O4. The van der Waals surface area contributed by atoms with Crippen molar-refractivity contribution in [3.63, 3.8) is 0 Å². The molecule has 0 spiro atoms. The molecule has 0 aromatic rings. The highest BCUT2D eigenvalue weighted by atomic mass is 16.4. The van der Waals surface area contributed by atoms with E-state index < -0.39 is 17.6 Å². The van der Waals surface area contributed by atoms with Gasteiger partial charge in [0.1, 0.15) is 6.54 Å². The number of hydrogen-bond acceptors (Lipinski definition) is 3. The molecule has 0 aromatic carbocycles. The number of amides is 2. The molecule has 96 valence electrons. The summed E-state index contributed by atoms with van der Waals surface area (Å²) in [5.74, 6) is -0.451. The lowest BCUT2D eigenvalue weighted by molar-refractivity contribution is -0.135. The van der Waals surface area contributed by atoms with Crippen LogP contribution in [0.2, 0.25) is 0 Å². The first-order valence-electron chi connectivity index (χ1n) is 5.95. The molecule has 2 aliphatic rings. The lowest BCUT2D eigenvalue weighted by Gasteiger charge is -2.23. The number of β-amino-alcohol motifs (C(OH)–C–C–N with tert-alkyl or cyclic N) is 1. The normalized spacial score (nSPS) is 28.2. The van der Waals surface area contributed by atoms with E-state index in [4.69, 9.17) is 5.11 Å². The minimum Gasteiger partial charge on any atom is -0.480 e. The van der Waals surface area contributed by atoms with E-state index in [0.29, 0.717) is 25.4 Å². The Morgan fingerprint density at radius 2 is 2.12 bits per heavy atom. The quantitative estimate of drug-likeness (QED) is 0.648. The van der Waals surface area contributed by atoms with Crippen LogP contribution < -0.4 is 5.32 Å². The molecule has 1 aliphatic carbocycles. The van der Waals surface area contributed by atoms with Crippen LogP contribution >= 0.6 is 0 Å². The molecule has 6 heteroatoms. The summed E-state index contributed by atoms with van der Waals surface area (Å²) >= 11 is 0. The third kappa shape index (κ3) is 3.33. The maximum absolute atomic E-state index is 11.6. The average Bonchev–Trinajstić information content (AvgIpc) is 2.96. The van der Waals surface area contributed by atoms with Gasteiger partial charge >= 0.3 is 12.0 Å². The van der Waals surface area contributed by atoms with Gasteiger partial charge in [-0.1, -0.05) is 12.8 Å². The van der Waals surface area contributed by atoms with Gasteiger partial charge in [0.15, 0.2) is 0 Å². The van der Waals surface area contributed by atoms with Gasteiger partial charge in [0, 0.05) is 6.54 Å². The van der Waals surface area contributed by atoms with Gasteiger partial charge in [-0.05, 0) is 18.8 Å². The van der Waals surface area contributed by atoms with E-state index in [1.54, 1.807) is 0 Å². The number of nitrogens with one attached hydrogen (secondary N) is 1. The summed E-state index contributed by atoms with van der Waals surface area (Å²) in [5, 5.41) is 21.0. The molecule has 1 unspecified atom stereocenters. The first kappa shape index (κ1) is 12.2. The number of rotatable bonds is 4. The van der Waals surface area contributed by atoms with Gasteiger partial charge in [-0.15, -0.1) is 0 Å². The summed E-state index contributed by atoms with van der Waals surface area (Å²) < 4.78 is 0. The maximum atomic E-state index is 11.6. The Balaban J connectivity index is 1.79. The number of carbonyl (C=O) groups excluding carboxylic acids is 1. The minimum absolute atomic E-state index is 0.314. The third-order valence-corrected chi connectivity index (χ3v) is 3.38. The lowest BCUT2D eigenvalue weighted by atomic mass is 9.96. The molecule has 2 rings (SSSR count). The van der Waals surface area contributed by atoms with Crippen molar-refractivity contribution in [3.8, 4) is 0 Å². The van der Waals surface area contributed by atoms with Crippen LogP contribution in [0.1, 0.15) is 25.7 Å². The fraction of sp³-hybridized carbons (Fsp3) is 0.818. The summed E-state index contributed by atoms with van der Waals surface area (Å²) in [6, 6.07) is -0.404. The van der Waals surface area contributed by atoms with Crippen LogP contribution in [0.25, 0.3) is 0 Å². The molecule has 1 saturated carbocycles. The van der Waals surface area contributed by atoms with Crippen LogP contribution in [0.3, 0.4) is 0 Å². The van der Waals surface area contributed by atoms with Crippen molar-refractivity contribution in [3.05, 3.63) is 0 Å². The van der Waals surface area contributed by atoms with Crippen molar-refractivity contribution < 1.29 is 19.8 Å². The fourth-order valence-electron chi connectivity index (χ4n) is 2.32. The molecule has 0 radical (unpaired) electrons. The van der Waals surface area contributed by atoms with Gasteiger partial charge in [0.2, 0.25) is 0 Å². The van der Waals surface area contributed by atoms with Gasteiger partial charge in [-0.2, -0.15) is 0 Å². The smallest absolute Gasteiger partial charge is 0.323 e. The molecule has 1 saturated heterocycles. The van der Waals surface area contributed by atoms with Crippen LogP contribution in [0.4, 0.5) is 4.79 Å². The zero-order valence-corrected chi connectivity index (χ0v) is 9.69. The van der Waals surface area contributed by atoms with E-state index in [1.165, 1.54) is 17.7 Å². The second kappa shape index (κ2) is 4.52. The molecular weight excluding hydrogens is 224 g/mol. The monoisotopic (exact) mass is 242 g/mol. The fourth-order valence-corrected chi connectivity index (χ4v) is 2.32. The molecule has 1 heterocycles. The van der Waals surface area contributed by atoms with E-state index in [1.807, 2.05) is 0 Å². The summed E-state index contributed by atoms with van der Waals surface area (Å²) in [4.78, 5) is 23.4. The highest BCUT2D eigenvalue weighted by Gasteiger charge is 2.41. The third-order valence-electron chi connectivity index (χ3n) is 3.38. The van der Waals surface area contributed by atoms with Crippen molar-refractivity contribution in [2.45, 2.75) is 31.3 Å². The predicted octanol–water partition coefficient (Wildman–Crippen LogP) is 0.0175. The number of likely N-dealkylation sites (tertiary alicyclic amines) is 1. The standard InChI is InChI=1S/C11H18N2O4/c14-9(15)6-12-10(16)13-4-3-11(17,7-13)5-8-1-2-8/h8,17H,1-7H2,(H,12,16)(H,14,15). The Morgan fingerprint density at radius 1 is 1.41 bits per heavy atom. The molecule has 2 fully saturated rings. The summed E-state index contributed by atoms with van der Waals surface area (Å²) in [5.41, 5.74) is -0.762. The van der Waals surface area contributed by atoms with Crippen LogP contribution in [-0.4, -0.2) is 52.3 Å². The molecule has 0 bridgehead atoms. The molecule has 2 amide bonds. The SMILES string of the molecule is O=C(O)CNC(=O)N1CCC(O)(CC2CC2)C1. The number of nitrogens with zero attached hydrogens (tertiary/aromatic N) is 1. The zero-order chi connectivity index (χ0) is 12.5. The lowest BCUT2D eigenvalue weighted by Crippen LogP contribution is -2.43. The molecule has 3 N–H and O–H groups in total. The number of aliphatic carboxylic acids is 1. The molecule has 17 heavy (non-hydrogen) atoms. The number of hydrogen-bond donors (Lipinski definition) is 3. The van der Waals surface area contributed by atoms with Crippen molar-refractivity contribution in [1.29, 1.82) is 0 Å². The van der Waals surface area contributed by atoms with Crippen molar-refractivity contribution in [1.82, 2.24) is 10.2 Å². The number of carboxylic acid groups (broad SMARTS) is 1. The molecule has 6 nitrogen and oxygen atoms in total. The number of carboxylic acids is 1. The van der Waals surface area contributed by atoms with Crippen LogP contribution in [0.15, 0.2) is 0 Å². The van der Waals surface area contributed by atoms with E-state index in [9.17, 15) is 14.7 Å². The number of carbonyl (C=O) groups is 2. The predicted molar refractivity (Wildman–Crippen MR) is 59.5 cm³/mol. The second-order valence-corrected chi connectivity index (χ2v) is 5.10. The van der Waals surface area contributed by atoms with Gasteiger partial charge in [0.25, 0.3) is 0 Å². The van der Waals surface area contributed by atoms with E-state index in [2.05, 4.69) is 5.32 Å². The van der Waals surface area contributed by atoms with Gasteiger partial charge < -0.3 is 20.4 Å². The summed E-state index contributed by atoms with van der Waals surface area (Å²) in [7, 11) is 0. The Hall–Kier alpha value is -1.30. The van der Waals surface area contributed by atoms with Crippen LogP contribution in [-0.2, 0) is 4.79 Å². The van der Waals surface area contributed by atoms with E-state index in [-0.39, 0.29) is 6.54 Å². The first-order chi connectivity index (χ1) is 7.98. The highest BCUT2D eigenvalue weighted by molar-refractivity contribution is 5.80. The number of urea groups is 1. The Labute approximate surface area is 99.6 Å². The molecule has 1 aliphatic heterocycles. The van der Waals surface area contributed by atoms with Crippen LogP contribution in [0.5, 0.6) is 0 Å². The van der Waals surface area contributed by atoms with Crippen molar-refractivity contribution in [2.75, 3.05) is 19.6 Å². The van der Waals surface area contributed by atoms with E-state index in [0.717, 1.165) is 6.42 Å². The zero-order valence-electron chi connectivity index (χ0n) is 9.69. The summed E-state index contributed by atoms with van der Waals surface area (Å²) in [6.07, 6.45) is 3.70. The van der Waals surface area contributed by atoms with Crippen molar-refractivity contribution >= 4 is 12.0 Å². The number of aliphatic hydroxyl groups is 1. The summed E-state index contributed by atoms with van der Waals surface area (Å²) in [6.45, 7) is 0.431. The Morgan fingerprint density at radius 3 is 2.71 bits per heavy atom. The Bertz CT molecular complexity index is 329. The molecule has 1 atom stereocenters. The molecule has 0 aromatic heterocycles. The van der Waals surface area contributed by atoms with Crippen molar-refractivity contribution in [2.24, 2.45) is 5.92 Å². The van der Waals surface area contributed by atoms with Gasteiger partial charge in [0.05, 0.1) is 12.1 Å².